The molecule has 0 amide bonds. The number of aliphatic hydroxyl groups is 1. The van der Waals surface area contributed by atoms with Gasteiger partial charge in [-0.05, 0) is 30.9 Å². The second-order valence-electron chi connectivity index (χ2n) is 5.49. The van der Waals surface area contributed by atoms with Gasteiger partial charge in [0.05, 0.1) is 4.92 Å². The van der Waals surface area contributed by atoms with Gasteiger partial charge >= 0.3 is 0 Å². The first-order valence-corrected chi connectivity index (χ1v) is 7.45. The molecule has 0 unspecified atom stereocenters. The summed E-state index contributed by atoms with van der Waals surface area (Å²) in [6.07, 6.45) is 4.36. The number of benzene rings is 1. The summed E-state index contributed by atoms with van der Waals surface area (Å²) in [6.45, 7) is 1.72. The van der Waals surface area contributed by atoms with Crippen molar-refractivity contribution < 1.29 is 10.0 Å². The summed E-state index contributed by atoms with van der Waals surface area (Å²) >= 11 is 0. The third kappa shape index (κ3) is 3.92. The van der Waals surface area contributed by atoms with Crippen LogP contribution in [0, 0.1) is 10.1 Å². The molecule has 0 atom stereocenters. The highest BCUT2D eigenvalue weighted by atomic mass is 16.6. The van der Waals surface area contributed by atoms with Crippen molar-refractivity contribution in [2.75, 3.05) is 25.5 Å². The van der Waals surface area contributed by atoms with Crippen molar-refractivity contribution in [2.45, 2.75) is 38.3 Å². The average molecular weight is 293 g/mol. The van der Waals surface area contributed by atoms with Crippen LogP contribution < -0.4 is 5.32 Å². The lowest BCUT2D eigenvalue weighted by Gasteiger charge is -2.37. The Labute approximate surface area is 124 Å². The summed E-state index contributed by atoms with van der Waals surface area (Å²) in [5, 5.41) is 23.0. The van der Waals surface area contributed by atoms with Gasteiger partial charge in [0.25, 0.3) is 5.69 Å². The molecule has 1 aromatic carbocycles. The minimum absolute atomic E-state index is 0.116. The van der Waals surface area contributed by atoms with Gasteiger partial charge in [0.15, 0.2) is 0 Å². The molecule has 2 N–H and O–H groups in total. The van der Waals surface area contributed by atoms with Crippen molar-refractivity contribution in [3.05, 3.63) is 33.9 Å². The van der Waals surface area contributed by atoms with Crippen LogP contribution in [0.4, 0.5) is 11.4 Å². The van der Waals surface area contributed by atoms with Crippen molar-refractivity contribution >= 4 is 11.4 Å². The van der Waals surface area contributed by atoms with E-state index in [4.69, 9.17) is 5.11 Å². The molecule has 1 aromatic rings. The van der Waals surface area contributed by atoms with Crippen LogP contribution in [-0.2, 0) is 6.54 Å². The molecule has 0 bridgehead atoms. The molecule has 2 rings (SSSR count). The van der Waals surface area contributed by atoms with Crippen LogP contribution in [0.2, 0.25) is 0 Å². The highest BCUT2D eigenvalue weighted by molar-refractivity contribution is 5.62. The first-order chi connectivity index (χ1) is 10.2. The van der Waals surface area contributed by atoms with Crippen molar-refractivity contribution in [2.24, 2.45) is 0 Å². The molecular weight excluding hydrogens is 270 g/mol. The fourth-order valence-electron chi connectivity index (χ4n) is 2.69. The number of nitro groups is 1. The zero-order valence-electron chi connectivity index (χ0n) is 12.4. The number of aliphatic hydroxyl groups excluding tert-OH is 1. The van der Waals surface area contributed by atoms with Gasteiger partial charge in [-0.2, -0.15) is 0 Å². The molecule has 0 saturated heterocycles. The van der Waals surface area contributed by atoms with Crippen LogP contribution in [-0.4, -0.2) is 41.2 Å². The van der Waals surface area contributed by atoms with E-state index in [0.717, 1.165) is 18.5 Å². The molecular formula is C15H23N3O3. The molecule has 1 aliphatic rings. The Balaban J connectivity index is 2.12. The van der Waals surface area contributed by atoms with Crippen molar-refractivity contribution in [3.63, 3.8) is 0 Å². The molecule has 6 nitrogen and oxygen atoms in total. The number of hydrogen-bond acceptors (Lipinski definition) is 5. The Morgan fingerprint density at radius 3 is 2.76 bits per heavy atom. The van der Waals surface area contributed by atoms with E-state index in [2.05, 4.69) is 10.2 Å². The summed E-state index contributed by atoms with van der Waals surface area (Å²) in [6, 6.07) is 5.90. The predicted molar refractivity (Wildman–Crippen MR) is 82.4 cm³/mol. The van der Waals surface area contributed by atoms with Gasteiger partial charge in [0.1, 0.15) is 5.69 Å². The molecule has 0 aliphatic heterocycles. The highest BCUT2D eigenvalue weighted by Gasteiger charge is 2.25. The van der Waals surface area contributed by atoms with E-state index >= 15 is 0 Å². The van der Waals surface area contributed by atoms with Crippen LogP contribution in [0.15, 0.2) is 18.2 Å². The summed E-state index contributed by atoms with van der Waals surface area (Å²) in [7, 11) is 1.68. The third-order valence-corrected chi connectivity index (χ3v) is 4.11. The fourth-order valence-corrected chi connectivity index (χ4v) is 2.69. The first-order valence-electron chi connectivity index (χ1n) is 7.45. The molecule has 1 saturated carbocycles. The monoisotopic (exact) mass is 293 g/mol. The molecule has 1 fully saturated rings. The van der Waals surface area contributed by atoms with E-state index in [-0.39, 0.29) is 17.2 Å². The molecule has 0 radical (unpaired) electrons. The Morgan fingerprint density at radius 1 is 1.48 bits per heavy atom. The lowest BCUT2D eigenvalue weighted by Crippen LogP contribution is -2.40. The molecule has 116 valence electrons. The van der Waals surface area contributed by atoms with Gasteiger partial charge in [-0.3, -0.25) is 15.0 Å². The molecule has 21 heavy (non-hydrogen) atoms. The normalized spacial score (nSPS) is 15.0. The second-order valence-corrected chi connectivity index (χ2v) is 5.49. The topological polar surface area (TPSA) is 78.6 Å². The summed E-state index contributed by atoms with van der Waals surface area (Å²) in [4.78, 5) is 13.1. The Kier molecular flexibility index (Phi) is 5.52. The Morgan fingerprint density at radius 2 is 2.24 bits per heavy atom. The number of nitro benzene ring substituents is 1. The van der Waals surface area contributed by atoms with Gasteiger partial charge < -0.3 is 10.4 Å². The molecule has 6 heteroatoms. The minimum Gasteiger partial charge on any atom is -0.396 e. The van der Waals surface area contributed by atoms with E-state index in [1.54, 1.807) is 19.2 Å². The van der Waals surface area contributed by atoms with Crippen LogP contribution in [0.5, 0.6) is 0 Å². The average Bonchev–Trinajstić information content (AvgIpc) is 2.42. The maximum absolute atomic E-state index is 11.1. The van der Waals surface area contributed by atoms with Gasteiger partial charge in [-0.1, -0.05) is 12.5 Å². The molecule has 0 heterocycles. The summed E-state index contributed by atoms with van der Waals surface area (Å²) in [5.41, 5.74) is 1.60. The van der Waals surface area contributed by atoms with Gasteiger partial charge in [-0.25, -0.2) is 0 Å². The van der Waals surface area contributed by atoms with Crippen LogP contribution >= 0.6 is 0 Å². The van der Waals surface area contributed by atoms with Crippen molar-refractivity contribution in [1.82, 2.24) is 4.90 Å². The van der Waals surface area contributed by atoms with E-state index < -0.39 is 0 Å². The standard InChI is InChI=1S/C15H23N3O3/c1-16-14-7-6-12(10-15(14)18(20)21)11-17(8-3-9-19)13-4-2-5-13/h6-7,10,13,16,19H,2-5,8-9,11H2,1H3. The van der Waals surface area contributed by atoms with Gasteiger partial charge in [-0.15, -0.1) is 0 Å². The van der Waals surface area contributed by atoms with E-state index in [1.807, 2.05) is 6.07 Å². The molecule has 0 spiro atoms. The highest BCUT2D eigenvalue weighted by Crippen LogP contribution is 2.29. The summed E-state index contributed by atoms with van der Waals surface area (Å²) in [5.74, 6) is 0. The predicted octanol–water partition coefficient (Wildman–Crippen LogP) is 2.37. The van der Waals surface area contributed by atoms with E-state index in [0.29, 0.717) is 18.3 Å². The number of hydrogen-bond donors (Lipinski definition) is 2. The van der Waals surface area contributed by atoms with Crippen LogP contribution in [0.25, 0.3) is 0 Å². The minimum atomic E-state index is -0.350. The van der Waals surface area contributed by atoms with Gasteiger partial charge in [0, 0.05) is 38.9 Å². The Bertz CT molecular complexity index is 489. The second kappa shape index (κ2) is 7.38. The van der Waals surface area contributed by atoms with Crippen LogP contribution in [0.1, 0.15) is 31.2 Å². The molecule has 1 aliphatic carbocycles. The van der Waals surface area contributed by atoms with E-state index in [9.17, 15) is 10.1 Å². The van der Waals surface area contributed by atoms with Crippen molar-refractivity contribution in [1.29, 1.82) is 0 Å². The number of rotatable bonds is 8. The zero-order chi connectivity index (χ0) is 15.2. The lowest BCUT2D eigenvalue weighted by atomic mass is 9.91. The third-order valence-electron chi connectivity index (χ3n) is 4.11. The largest absolute Gasteiger partial charge is 0.396 e. The first kappa shape index (κ1) is 15.7. The lowest BCUT2D eigenvalue weighted by molar-refractivity contribution is -0.384. The maximum Gasteiger partial charge on any atom is 0.292 e. The van der Waals surface area contributed by atoms with E-state index in [1.165, 1.54) is 19.3 Å². The van der Waals surface area contributed by atoms with Gasteiger partial charge in [0.2, 0.25) is 0 Å². The molecule has 0 aromatic heterocycles. The quantitative estimate of drug-likeness (QED) is 0.568. The number of nitrogens with zero attached hydrogens (tertiary/aromatic N) is 2. The van der Waals surface area contributed by atoms with Crippen LogP contribution in [0.3, 0.4) is 0 Å². The smallest absolute Gasteiger partial charge is 0.292 e. The van der Waals surface area contributed by atoms with Crippen molar-refractivity contribution in [3.8, 4) is 0 Å². The maximum atomic E-state index is 11.1. The summed E-state index contributed by atoms with van der Waals surface area (Å²) < 4.78 is 0. The number of anilines is 1. The Hall–Kier alpha value is -1.66. The number of nitrogens with one attached hydrogen (secondary N) is 1. The zero-order valence-corrected chi connectivity index (χ0v) is 12.4. The SMILES string of the molecule is CNc1ccc(CN(CCCO)C2CCC2)cc1[N+](=O)[O-]. The fraction of sp³-hybridized carbons (Fsp3) is 0.600.